The van der Waals surface area contributed by atoms with Crippen molar-refractivity contribution in [2.24, 2.45) is 22.7 Å². The maximum absolute atomic E-state index is 5.41. The Bertz CT molecular complexity index is 876. The van der Waals surface area contributed by atoms with Crippen molar-refractivity contribution in [2.75, 3.05) is 0 Å². The van der Waals surface area contributed by atoms with E-state index in [9.17, 15) is 0 Å². The lowest BCUT2D eigenvalue weighted by Crippen LogP contribution is -2.46. The van der Waals surface area contributed by atoms with Gasteiger partial charge in [0.05, 0.1) is 5.69 Å². The number of aliphatic imine (C=N–C) groups is 1. The molecule has 0 fully saturated rings. The fraction of sp³-hybridized carbons (Fsp3) is 0.567. The summed E-state index contributed by atoms with van der Waals surface area (Å²) in [5, 5.41) is 0. The van der Waals surface area contributed by atoms with E-state index in [1.165, 1.54) is 48.2 Å². The Kier molecular flexibility index (Phi) is 7.45. The van der Waals surface area contributed by atoms with Crippen LogP contribution in [0.15, 0.2) is 59.6 Å². The molecule has 2 aromatic rings. The Morgan fingerprint density at radius 1 is 0.871 bits per heavy atom. The zero-order chi connectivity index (χ0) is 22.6. The molecule has 0 aliphatic carbocycles. The number of benzene rings is 2. The highest BCUT2D eigenvalue weighted by Gasteiger charge is 2.49. The summed E-state index contributed by atoms with van der Waals surface area (Å²) in [5.41, 5.74) is 5.30. The van der Waals surface area contributed by atoms with Gasteiger partial charge in [0.1, 0.15) is 0 Å². The lowest BCUT2D eigenvalue weighted by atomic mass is 9.59. The summed E-state index contributed by atoms with van der Waals surface area (Å²) in [6.45, 7) is 16.7. The molecule has 0 N–H and O–H groups in total. The molecule has 1 heterocycles. The minimum atomic E-state index is -0.0561. The van der Waals surface area contributed by atoms with E-state index < -0.39 is 0 Å². The standard InChI is InChI=1S/C30H43N/c1-8-9-15-20-30(25-16-11-10-12-17-25,21-23(4)24(5)22(2)3)28-29(6,7)26-18-13-14-19-27(26)31-28/h10-14,16-19,22-24H,8-9,15,20-21H2,1-7H3/t23-,24+,30?/m0/s1. The normalized spacial score (nSPS) is 18.9. The van der Waals surface area contributed by atoms with E-state index in [0.29, 0.717) is 17.8 Å². The van der Waals surface area contributed by atoms with Crippen LogP contribution < -0.4 is 0 Å². The lowest BCUT2D eigenvalue weighted by molar-refractivity contribution is 0.242. The average Bonchev–Trinajstić information content (AvgIpc) is 3.04. The summed E-state index contributed by atoms with van der Waals surface area (Å²) in [4.78, 5) is 5.41. The summed E-state index contributed by atoms with van der Waals surface area (Å²) >= 11 is 0. The van der Waals surface area contributed by atoms with Crippen LogP contribution in [-0.4, -0.2) is 5.71 Å². The van der Waals surface area contributed by atoms with E-state index in [2.05, 4.69) is 103 Å². The number of fused-ring (bicyclic) bond motifs is 1. The molecule has 1 unspecified atom stereocenters. The summed E-state index contributed by atoms with van der Waals surface area (Å²) < 4.78 is 0. The van der Waals surface area contributed by atoms with Gasteiger partial charge in [0.15, 0.2) is 0 Å². The Morgan fingerprint density at radius 2 is 1.52 bits per heavy atom. The third kappa shape index (κ3) is 4.66. The first kappa shape index (κ1) is 23.8. The van der Waals surface area contributed by atoms with Crippen molar-refractivity contribution in [3.63, 3.8) is 0 Å². The van der Waals surface area contributed by atoms with Gasteiger partial charge in [0, 0.05) is 16.5 Å². The zero-order valence-electron chi connectivity index (χ0n) is 20.9. The molecule has 3 rings (SSSR count). The van der Waals surface area contributed by atoms with Crippen molar-refractivity contribution in [1.29, 1.82) is 0 Å². The van der Waals surface area contributed by atoms with Crippen LogP contribution in [0.1, 0.15) is 91.7 Å². The number of hydrogen-bond donors (Lipinski definition) is 0. The lowest BCUT2D eigenvalue weighted by Gasteiger charge is -2.43. The maximum Gasteiger partial charge on any atom is 0.0671 e. The topological polar surface area (TPSA) is 12.4 Å². The Labute approximate surface area is 191 Å². The van der Waals surface area contributed by atoms with Gasteiger partial charge in [0.2, 0.25) is 0 Å². The van der Waals surface area contributed by atoms with Crippen LogP contribution in [-0.2, 0) is 10.8 Å². The highest BCUT2D eigenvalue weighted by molar-refractivity contribution is 6.08. The minimum absolute atomic E-state index is 0.0263. The van der Waals surface area contributed by atoms with Crippen LogP contribution in [0.4, 0.5) is 5.69 Å². The molecule has 1 aliphatic rings. The van der Waals surface area contributed by atoms with E-state index in [1.54, 1.807) is 0 Å². The number of rotatable bonds is 10. The van der Waals surface area contributed by atoms with E-state index in [1.807, 2.05) is 0 Å². The minimum Gasteiger partial charge on any atom is -0.256 e. The van der Waals surface area contributed by atoms with Crippen molar-refractivity contribution in [1.82, 2.24) is 0 Å². The largest absolute Gasteiger partial charge is 0.256 e. The molecular formula is C30H43N. The molecule has 31 heavy (non-hydrogen) atoms. The molecule has 0 aromatic heterocycles. The third-order valence-corrected chi connectivity index (χ3v) is 8.01. The van der Waals surface area contributed by atoms with Gasteiger partial charge >= 0.3 is 0 Å². The second-order valence-corrected chi connectivity index (χ2v) is 10.8. The van der Waals surface area contributed by atoms with Gasteiger partial charge in [-0.2, -0.15) is 0 Å². The van der Waals surface area contributed by atoms with Crippen LogP contribution in [0.25, 0.3) is 0 Å². The first-order chi connectivity index (χ1) is 14.7. The van der Waals surface area contributed by atoms with Crippen molar-refractivity contribution < 1.29 is 0 Å². The molecule has 1 aliphatic heterocycles. The van der Waals surface area contributed by atoms with Crippen LogP contribution >= 0.6 is 0 Å². The van der Waals surface area contributed by atoms with Crippen molar-refractivity contribution >= 4 is 11.4 Å². The number of nitrogens with zero attached hydrogens (tertiary/aromatic N) is 1. The summed E-state index contributed by atoms with van der Waals surface area (Å²) in [5.74, 6) is 2.00. The van der Waals surface area contributed by atoms with Gasteiger partial charge in [-0.05, 0) is 47.8 Å². The molecule has 0 saturated heterocycles. The first-order valence-electron chi connectivity index (χ1n) is 12.5. The highest BCUT2D eigenvalue weighted by atomic mass is 14.8. The summed E-state index contributed by atoms with van der Waals surface area (Å²) in [6.07, 6.45) is 6.12. The second-order valence-electron chi connectivity index (χ2n) is 10.8. The first-order valence-corrected chi connectivity index (χ1v) is 12.5. The molecule has 0 saturated carbocycles. The molecule has 0 bridgehead atoms. The Balaban J connectivity index is 2.17. The van der Waals surface area contributed by atoms with Gasteiger partial charge < -0.3 is 0 Å². The van der Waals surface area contributed by atoms with Crippen LogP contribution in [0.2, 0.25) is 0 Å². The molecule has 3 atom stereocenters. The SMILES string of the molecule is CCCCCC(C[C@H](C)[C@H](C)C(C)C)(C1=Nc2ccccc2C1(C)C)c1ccccc1. The smallest absolute Gasteiger partial charge is 0.0671 e. The zero-order valence-corrected chi connectivity index (χ0v) is 20.9. The van der Waals surface area contributed by atoms with E-state index in [0.717, 1.165) is 6.42 Å². The molecule has 1 heteroatoms. The van der Waals surface area contributed by atoms with Gasteiger partial charge in [-0.15, -0.1) is 0 Å². The predicted octanol–water partition coefficient (Wildman–Crippen LogP) is 8.89. The number of unbranched alkanes of at least 4 members (excludes halogenated alkanes) is 2. The molecule has 168 valence electrons. The van der Waals surface area contributed by atoms with Crippen LogP contribution in [0, 0.1) is 17.8 Å². The van der Waals surface area contributed by atoms with Crippen LogP contribution in [0.3, 0.4) is 0 Å². The fourth-order valence-corrected chi connectivity index (χ4v) is 5.74. The highest BCUT2D eigenvalue weighted by Crippen LogP contribution is 2.51. The number of hydrogen-bond acceptors (Lipinski definition) is 1. The fourth-order valence-electron chi connectivity index (χ4n) is 5.74. The molecule has 2 aromatic carbocycles. The average molecular weight is 418 g/mol. The molecule has 0 amide bonds. The van der Waals surface area contributed by atoms with E-state index >= 15 is 0 Å². The Hall–Kier alpha value is -1.89. The van der Waals surface area contributed by atoms with Gasteiger partial charge in [-0.1, -0.05) is 116 Å². The van der Waals surface area contributed by atoms with Crippen molar-refractivity contribution in [2.45, 2.75) is 91.4 Å². The van der Waals surface area contributed by atoms with Crippen molar-refractivity contribution in [3.05, 3.63) is 65.7 Å². The van der Waals surface area contributed by atoms with E-state index in [-0.39, 0.29) is 10.8 Å². The Morgan fingerprint density at radius 3 is 2.13 bits per heavy atom. The van der Waals surface area contributed by atoms with Gasteiger partial charge in [0.25, 0.3) is 0 Å². The predicted molar refractivity (Wildman–Crippen MR) is 137 cm³/mol. The van der Waals surface area contributed by atoms with Crippen LogP contribution in [0.5, 0.6) is 0 Å². The van der Waals surface area contributed by atoms with Gasteiger partial charge in [-0.3, -0.25) is 4.99 Å². The maximum atomic E-state index is 5.41. The molecule has 1 nitrogen and oxygen atoms in total. The second kappa shape index (κ2) is 9.72. The van der Waals surface area contributed by atoms with Crippen molar-refractivity contribution in [3.8, 4) is 0 Å². The van der Waals surface area contributed by atoms with E-state index in [4.69, 9.17) is 4.99 Å². The summed E-state index contributed by atoms with van der Waals surface area (Å²) in [7, 11) is 0. The monoisotopic (exact) mass is 417 g/mol. The summed E-state index contributed by atoms with van der Waals surface area (Å²) in [6, 6.07) is 20.1. The van der Waals surface area contributed by atoms with Gasteiger partial charge in [-0.25, -0.2) is 0 Å². The quantitative estimate of drug-likeness (QED) is 0.342. The molecule has 0 spiro atoms. The molecule has 0 radical (unpaired) electrons. The molecular weight excluding hydrogens is 374 g/mol. The third-order valence-electron chi connectivity index (χ3n) is 8.01. The number of para-hydroxylation sites is 1.